The van der Waals surface area contributed by atoms with Crippen molar-refractivity contribution in [2.75, 3.05) is 5.75 Å². The molecule has 0 fully saturated rings. The van der Waals surface area contributed by atoms with Crippen molar-refractivity contribution in [2.45, 2.75) is 12.2 Å². The highest BCUT2D eigenvalue weighted by molar-refractivity contribution is 8.01. The van der Waals surface area contributed by atoms with E-state index in [0.717, 1.165) is 11.8 Å². The van der Waals surface area contributed by atoms with Crippen molar-refractivity contribution in [1.29, 1.82) is 0 Å². The van der Waals surface area contributed by atoms with Crippen LogP contribution < -0.4 is 5.73 Å². The molecule has 0 aliphatic rings. The van der Waals surface area contributed by atoms with Crippen LogP contribution in [0.4, 0.5) is 0 Å². The third-order valence-corrected chi connectivity index (χ3v) is 2.00. The molecule has 58 valence electrons. The second kappa shape index (κ2) is 4.16. The zero-order valence-electron chi connectivity index (χ0n) is 5.53. The summed E-state index contributed by atoms with van der Waals surface area (Å²) >= 11 is 1.02. The highest BCUT2D eigenvalue weighted by Gasteiger charge is 2.10. The summed E-state index contributed by atoms with van der Waals surface area (Å²) in [5.41, 5.74) is 4.87. The van der Waals surface area contributed by atoms with Crippen LogP contribution in [-0.2, 0) is 9.59 Å². The molecular formula is C5H9NO3S. The second-order valence-electron chi connectivity index (χ2n) is 1.75. The van der Waals surface area contributed by atoms with E-state index in [1.54, 1.807) is 6.92 Å². The first-order valence-electron chi connectivity index (χ1n) is 2.66. The minimum absolute atomic E-state index is 0.0793. The van der Waals surface area contributed by atoms with E-state index >= 15 is 0 Å². The van der Waals surface area contributed by atoms with Gasteiger partial charge >= 0.3 is 5.97 Å². The van der Waals surface area contributed by atoms with Gasteiger partial charge in [-0.15, -0.1) is 11.8 Å². The van der Waals surface area contributed by atoms with Crippen molar-refractivity contribution in [2.24, 2.45) is 5.73 Å². The number of carbonyl (C=O) groups excluding carboxylic acids is 1. The molecule has 0 aromatic carbocycles. The summed E-state index contributed by atoms with van der Waals surface area (Å²) in [4.78, 5) is 20.3. The Bertz CT molecular complexity index is 148. The lowest BCUT2D eigenvalue weighted by Gasteiger charge is -2.02. The zero-order chi connectivity index (χ0) is 8.15. The van der Waals surface area contributed by atoms with E-state index in [-0.39, 0.29) is 5.75 Å². The molecule has 0 heterocycles. The average molecular weight is 163 g/mol. The van der Waals surface area contributed by atoms with Gasteiger partial charge in [-0.05, 0) is 6.92 Å². The Hall–Kier alpha value is -0.710. The van der Waals surface area contributed by atoms with Gasteiger partial charge in [0.25, 0.3) is 0 Å². The Labute approximate surface area is 62.8 Å². The summed E-state index contributed by atoms with van der Waals surface area (Å²) in [5.74, 6) is -1.49. The number of carboxylic acid groups (broad SMARTS) is 1. The van der Waals surface area contributed by atoms with E-state index in [1.165, 1.54) is 0 Å². The van der Waals surface area contributed by atoms with E-state index in [2.05, 4.69) is 0 Å². The molecule has 0 aromatic rings. The standard InChI is InChI=1S/C5H9NO3S/c1-3(5(6)9)10-2-4(7)8/h3H,2H2,1H3,(H2,6,9)(H,7,8). The van der Waals surface area contributed by atoms with Crippen LogP contribution in [0.25, 0.3) is 0 Å². The van der Waals surface area contributed by atoms with E-state index in [9.17, 15) is 9.59 Å². The summed E-state index contributed by atoms with van der Waals surface area (Å²) in [6.07, 6.45) is 0. The average Bonchev–Trinajstić information content (AvgIpc) is 1.82. The predicted molar refractivity (Wildman–Crippen MR) is 38.8 cm³/mol. The van der Waals surface area contributed by atoms with Gasteiger partial charge in [0.1, 0.15) is 0 Å². The van der Waals surface area contributed by atoms with Crippen molar-refractivity contribution in [3.63, 3.8) is 0 Å². The van der Waals surface area contributed by atoms with Gasteiger partial charge in [0, 0.05) is 0 Å². The number of hydrogen-bond acceptors (Lipinski definition) is 3. The third kappa shape index (κ3) is 4.20. The molecule has 0 aliphatic heterocycles. The van der Waals surface area contributed by atoms with Crippen LogP contribution in [-0.4, -0.2) is 28.0 Å². The van der Waals surface area contributed by atoms with Gasteiger partial charge in [-0.25, -0.2) is 0 Å². The van der Waals surface area contributed by atoms with Crippen LogP contribution in [0.1, 0.15) is 6.92 Å². The molecule has 4 nitrogen and oxygen atoms in total. The quantitative estimate of drug-likeness (QED) is 0.595. The number of carboxylic acids is 1. The van der Waals surface area contributed by atoms with E-state index < -0.39 is 17.1 Å². The number of rotatable bonds is 4. The van der Waals surface area contributed by atoms with Crippen molar-refractivity contribution in [3.05, 3.63) is 0 Å². The van der Waals surface area contributed by atoms with Crippen LogP contribution in [0.5, 0.6) is 0 Å². The molecule has 0 saturated carbocycles. The molecule has 5 heteroatoms. The summed E-state index contributed by atoms with van der Waals surface area (Å²) in [5, 5.41) is 7.75. The molecule has 1 unspecified atom stereocenters. The topological polar surface area (TPSA) is 80.4 Å². The maximum Gasteiger partial charge on any atom is 0.313 e. The van der Waals surface area contributed by atoms with E-state index in [0.29, 0.717) is 0 Å². The van der Waals surface area contributed by atoms with E-state index in [1.807, 2.05) is 0 Å². The molecule has 0 bridgehead atoms. The number of hydrogen-bond donors (Lipinski definition) is 2. The highest BCUT2D eigenvalue weighted by atomic mass is 32.2. The van der Waals surface area contributed by atoms with Gasteiger partial charge in [0.2, 0.25) is 5.91 Å². The second-order valence-corrected chi connectivity index (χ2v) is 3.08. The normalized spacial score (nSPS) is 12.5. The molecule has 3 N–H and O–H groups in total. The maximum atomic E-state index is 10.3. The van der Waals surface area contributed by atoms with E-state index in [4.69, 9.17) is 10.8 Å². The fourth-order valence-electron chi connectivity index (χ4n) is 0.278. The lowest BCUT2D eigenvalue weighted by atomic mass is 10.5. The Kier molecular flexibility index (Phi) is 3.87. The number of carbonyl (C=O) groups is 2. The highest BCUT2D eigenvalue weighted by Crippen LogP contribution is 2.08. The largest absolute Gasteiger partial charge is 0.481 e. The fraction of sp³-hybridized carbons (Fsp3) is 0.600. The number of nitrogens with two attached hydrogens (primary N) is 1. The molecule has 0 radical (unpaired) electrons. The number of primary amides is 1. The van der Waals surface area contributed by atoms with Crippen molar-refractivity contribution < 1.29 is 14.7 Å². The summed E-state index contributed by atoms with van der Waals surface area (Å²) < 4.78 is 0. The predicted octanol–water partition coefficient (Wildman–Crippen LogP) is -0.322. The van der Waals surface area contributed by atoms with Crippen LogP contribution in [0, 0.1) is 0 Å². The van der Waals surface area contributed by atoms with Gasteiger partial charge in [0.05, 0.1) is 11.0 Å². The lowest BCUT2D eigenvalue weighted by molar-refractivity contribution is -0.133. The van der Waals surface area contributed by atoms with Gasteiger partial charge in [-0.3, -0.25) is 9.59 Å². The van der Waals surface area contributed by atoms with Gasteiger partial charge in [0.15, 0.2) is 0 Å². The van der Waals surface area contributed by atoms with Crippen molar-refractivity contribution in [1.82, 2.24) is 0 Å². The maximum absolute atomic E-state index is 10.3. The number of aliphatic carboxylic acids is 1. The molecule has 10 heavy (non-hydrogen) atoms. The van der Waals surface area contributed by atoms with Crippen LogP contribution >= 0.6 is 11.8 Å². The number of thioether (sulfide) groups is 1. The molecule has 1 atom stereocenters. The molecule has 0 rings (SSSR count). The summed E-state index contributed by atoms with van der Waals surface area (Å²) in [6.45, 7) is 1.58. The SMILES string of the molecule is CC(SCC(=O)O)C(N)=O. The van der Waals surface area contributed by atoms with Crippen LogP contribution in [0.2, 0.25) is 0 Å². The Morgan fingerprint density at radius 2 is 2.20 bits per heavy atom. The monoisotopic (exact) mass is 163 g/mol. The molecule has 1 amide bonds. The fourth-order valence-corrected chi connectivity index (χ4v) is 0.835. The van der Waals surface area contributed by atoms with Gasteiger partial charge in [-0.2, -0.15) is 0 Å². The molecule has 0 aliphatic carbocycles. The summed E-state index contributed by atoms with van der Waals surface area (Å²) in [7, 11) is 0. The molecule has 0 aromatic heterocycles. The van der Waals surface area contributed by atoms with Crippen molar-refractivity contribution in [3.8, 4) is 0 Å². The van der Waals surface area contributed by atoms with Crippen molar-refractivity contribution >= 4 is 23.6 Å². The van der Waals surface area contributed by atoms with Crippen LogP contribution in [0.15, 0.2) is 0 Å². The lowest BCUT2D eigenvalue weighted by Crippen LogP contribution is -2.23. The minimum Gasteiger partial charge on any atom is -0.481 e. The molecule has 0 saturated heterocycles. The first-order valence-corrected chi connectivity index (χ1v) is 3.71. The first-order chi connectivity index (χ1) is 4.54. The molecule has 0 spiro atoms. The van der Waals surface area contributed by atoms with Crippen LogP contribution in [0.3, 0.4) is 0 Å². The Morgan fingerprint density at radius 3 is 2.50 bits per heavy atom. The third-order valence-electron chi connectivity index (χ3n) is 0.857. The zero-order valence-corrected chi connectivity index (χ0v) is 6.35. The molecular weight excluding hydrogens is 154 g/mol. The smallest absolute Gasteiger partial charge is 0.313 e. The Balaban J connectivity index is 3.49. The first kappa shape index (κ1) is 9.29. The summed E-state index contributed by atoms with van der Waals surface area (Å²) in [6, 6.07) is 0. The van der Waals surface area contributed by atoms with Gasteiger partial charge < -0.3 is 10.8 Å². The Morgan fingerprint density at radius 1 is 1.70 bits per heavy atom. The van der Waals surface area contributed by atoms with Gasteiger partial charge in [-0.1, -0.05) is 0 Å². The minimum atomic E-state index is -0.932. The number of amides is 1.